The maximum absolute atomic E-state index is 14.7. The van der Waals surface area contributed by atoms with E-state index in [1.807, 2.05) is 19.9 Å². The van der Waals surface area contributed by atoms with Crippen LogP contribution in [-0.2, 0) is 4.74 Å². The van der Waals surface area contributed by atoms with E-state index in [1.165, 1.54) is 0 Å². The molecule has 2 aromatic heterocycles. The van der Waals surface area contributed by atoms with E-state index >= 15 is 0 Å². The molecule has 1 aliphatic rings. The van der Waals surface area contributed by atoms with Gasteiger partial charge in [0.25, 0.3) is 0 Å². The van der Waals surface area contributed by atoms with E-state index in [9.17, 15) is 4.39 Å². The van der Waals surface area contributed by atoms with Crippen LogP contribution < -0.4 is 5.32 Å². The van der Waals surface area contributed by atoms with Crippen molar-refractivity contribution < 1.29 is 9.13 Å². The van der Waals surface area contributed by atoms with Gasteiger partial charge in [0.05, 0.1) is 21.9 Å². The van der Waals surface area contributed by atoms with Crippen molar-refractivity contribution in [3.63, 3.8) is 0 Å². The largest absolute Gasteiger partial charge is 0.356 e. The number of anilines is 2. The van der Waals surface area contributed by atoms with Crippen molar-refractivity contribution in [3.8, 4) is 0 Å². The molecule has 1 aliphatic heterocycles. The molecule has 0 saturated carbocycles. The van der Waals surface area contributed by atoms with Crippen LogP contribution in [0.2, 0.25) is 0 Å². The molecule has 27 heavy (non-hydrogen) atoms. The van der Waals surface area contributed by atoms with Gasteiger partial charge in [0.15, 0.2) is 6.23 Å². The average Bonchev–Trinajstić information content (AvgIpc) is 3.07. The molecule has 0 spiro atoms. The molecule has 0 bridgehead atoms. The van der Waals surface area contributed by atoms with E-state index in [1.54, 1.807) is 23.9 Å². The number of pyridine rings is 1. The number of hydrogen-bond donors (Lipinski definition) is 1. The highest BCUT2D eigenvalue weighted by atomic mass is 79.9. The molecule has 1 aromatic carbocycles. The van der Waals surface area contributed by atoms with Gasteiger partial charge in [0.2, 0.25) is 0 Å². The Balaban J connectivity index is 1.82. The molecule has 0 radical (unpaired) electrons. The first kappa shape index (κ1) is 18.4. The lowest BCUT2D eigenvalue weighted by atomic mass is 10.1. The second kappa shape index (κ2) is 7.20. The number of benzene rings is 1. The van der Waals surface area contributed by atoms with Crippen molar-refractivity contribution in [2.24, 2.45) is 0 Å². The predicted octanol–water partition coefficient (Wildman–Crippen LogP) is 5.70. The van der Waals surface area contributed by atoms with E-state index in [0.717, 1.165) is 45.9 Å². The Labute approximate surface area is 166 Å². The zero-order valence-corrected chi connectivity index (χ0v) is 17.2. The lowest BCUT2D eigenvalue weighted by Crippen LogP contribution is -2.19. The maximum atomic E-state index is 14.7. The Hall–Kier alpha value is -1.99. The number of halogens is 2. The van der Waals surface area contributed by atoms with Crippen molar-refractivity contribution >= 4 is 38.3 Å². The first-order chi connectivity index (χ1) is 13.0. The summed E-state index contributed by atoms with van der Waals surface area (Å²) in [7, 11) is 0. The minimum atomic E-state index is -0.275. The maximum Gasteiger partial charge on any atom is 0.150 e. The van der Waals surface area contributed by atoms with Gasteiger partial charge in [0.1, 0.15) is 11.6 Å². The molecule has 0 amide bonds. The predicted molar refractivity (Wildman–Crippen MR) is 108 cm³/mol. The molecule has 4 rings (SSSR count). The van der Waals surface area contributed by atoms with Gasteiger partial charge in [-0.2, -0.15) is 5.10 Å². The standard InChI is InChI=1S/C20H22BrFN4O/c1-11-8-15(21)20(24-13(11)3)25-19-12(2)16(22)9-17-14(19)10-23-26(17)18-6-4-5-7-27-18/h8-10,18H,4-7H2,1-3H3,(H,24,25). The molecule has 5 nitrogen and oxygen atoms in total. The zero-order chi connectivity index (χ0) is 19.1. The van der Waals surface area contributed by atoms with Crippen LogP contribution in [0.1, 0.15) is 42.3 Å². The fourth-order valence-corrected chi connectivity index (χ4v) is 3.97. The zero-order valence-electron chi connectivity index (χ0n) is 15.6. The normalized spacial score (nSPS) is 17.4. The minimum absolute atomic E-state index is 0.141. The molecule has 1 fully saturated rings. The molecule has 7 heteroatoms. The van der Waals surface area contributed by atoms with Crippen LogP contribution in [0.4, 0.5) is 15.9 Å². The fourth-order valence-electron chi connectivity index (χ4n) is 3.44. The van der Waals surface area contributed by atoms with E-state index < -0.39 is 0 Å². The Bertz CT molecular complexity index is 1010. The highest BCUT2D eigenvalue weighted by Gasteiger charge is 2.22. The van der Waals surface area contributed by atoms with Crippen LogP contribution in [0.5, 0.6) is 0 Å². The summed E-state index contributed by atoms with van der Waals surface area (Å²) in [6.07, 6.45) is 4.67. The van der Waals surface area contributed by atoms with Crippen molar-refractivity contribution in [1.82, 2.24) is 14.8 Å². The van der Waals surface area contributed by atoms with Crippen molar-refractivity contribution in [1.29, 1.82) is 0 Å². The summed E-state index contributed by atoms with van der Waals surface area (Å²) in [6, 6.07) is 3.56. The smallest absolute Gasteiger partial charge is 0.150 e. The van der Waals surface area contributed by atoms with Crippen LogP contribution >= 0.6 is 15.9 Å². The van der Waals surface area contributed by atoms with Gasteiger partial charge in [0, 0.05) is 29.3 Å². The third kappa shape index (κ3) is 3.34. The summed E-state index contributed by atoms with van der Waals surface area (Å²) in [4.78, 5) is 4.61. The summed E-state index contributed by atoms with van der Waals surface area (Å²) in [5.41, 5.74) is 3.97. The van der Waals surface area contributed by atoms with Gasteiger partial charge in [-0.1, -0.05) is 0 Å². The quantitative estimate of drug-likeness (QED) is 0.576. The molecule has 1 atom stereocenters. The summed E-state index contributed by atoms with van der Waals surface area (Å²) >= 11 is 3.55. The number of rotatable bonds is 3. The summed E-state index contributed by atoms with van der Waals surface area (Å²) in [5, 5.41) is 8.68. The minimum Gasteiger partial charge on any atom is -0.356 e. The highest BCUT2D eigenvalue weighted by Crippen LogP contribution is 2.36. The number of nitrogens with one attached hydrogen (secondary N) is 1. The molecule has 1 N–H and O–H groups in total. The number of aryl methyl sites for hydroxylation is 2. The van der Waals surface area contributed by atoms with E-state index in [-0.39, 0.29) is 12.0 Å². The molecule has 1 saturated heterocycles. The van der Waals surface area contributed by atoms with Gasteiger partial charge < -0.3 is 10.1 Å². The Morgan fingerprint density at radius 1 is 1.26 bits per heavy atom. The number of aromatic nitrogens is 3. The number of nitrogens with zero attached hydrogens (tertiary/aromatic N) is 3. The average molecular weight is 433 g/mol. The third-order valence-corrected chi connectivity index (χ3v) is 5.80. The molecule has 1 unspecified atom stereocenters. The van der Waals surface area contributed by atoms with Crippen LogP contribution in [0, 0.1) is 26.6 Å². The number of hydrogen-bond acceptors (Lipinski definition) is 4. The Morgan fingerprint density at radius 3 is 2.81 bits per heavy atom. The summed E-state index contributed by atoms with van der Waals surface area (Å²) in [6.45, 7) is 6.45. The first-order valence-electron chi connectivity index (χ1n) is 9.14. The molecule has 0 aliphatic carbocycles. The summed E-state index contributed by atoms with van der Waals surface area (Å²) < 4.78 is 23.2. The van der Waals surface area contributed by atoms with Crippen molar-refractivity contribution in [2.45, 2.75) is 46.3 Å². The van der Waals surface area contributed by atoms with Gasteiger partial charge in [-0.15, -0.1) is 0 Å². The van der Waals surface area contributed by atoms with Crippen molar-refractivity contribution in [3.05, 3.63) is 45.4 Å². The van der Waals surface area contributed by atoms with Gasteiger partial charge in [-0.3, -0.25) is 0 Å². The second-order valence-electron chi connectivity index (χ2n) is 7.05. The molecular formula is C20H22BrFN4O. The number of ether oxygens (including phenoxy) is 1. The SMILES string of the molecule is Cc1cc(Br)c(Nc2c(C)c(F)cc3c2cnn3C2CCCCO2)nc1C. The second-order valence-corrected chi connectivity index (χ2v) is 7.90. The lowest BCUT2D eigenvalue weighted by molar-refractivity contribution is -0.0366. The van der Waals surface area contributed by atoms with Gasteiger partial charge >= 0.3 is 0 Å². The fraction of sp³-hybridized carbons (Fsp3) is 0.400. The summed E-state index contributed by atoms with van der Waals surface area (Å²) in [5.74, 6) is 0.386. The molecule has 3 heterocycles. The Kier molecular flexibility index (Phi) is 4.90. The van der Waals surface area contributed by atoms with Gasteiger partial charge in [-0.25, -0.2) is 14.1 Å². The molecular weight excluding hydrogens is 411 g/mol. The van der Waals surface area contributed by atoms with Crippen LogP contribution in [0.15, 0.2) is 22.8 Å². The van der Waals surface area contributed by atoms with Crippen LogP contribution in [-0.4, -0.2) is 21.4 Å². The molecule has 3 aromatic rings. The van der Waals surface area contributed by atoms with E-state index in [2.05, 4.69) is 31.3 Å². The molecule has 142 valence electrons. The third-order valence-electron chi connectivity index (χ3n) is 5.19. The lowest BCUT2D eigenvalue weighted by Gasteiger charge is -2.23. The Morgan fingerprint density at radius 2 is 2.07 bits per heavy atom. The van der Waals surface area contributed by atoms with E-state index in [4.69, 9.17) is 4.74 Å². The monoisotopic (exact) mass is 432 g/mol. The first-order valence-corrected chi connectivity index (χ1v) is 9.93. The van der Waals surface area contributed by atoms with Crippen LogP contribution in [0.25, 0.3) is 10.9 Å². The van der Waals surface area contributed by atoms with E-state index in [0.29, 0.717) is 23.7 Å². The van der Waals surface area contributed by atoms with Crippen LogP contribution in [0.3, 0.4) is 0 Å². The topological polar surface area (TPSA) is 52.0 Å². The number of fused-ring (bicyclic) bond motifs is 1. The highest BCUT2D eigenvalue weighted by molar-refractivity contribution is 9.10. The van der Waals surface area contributed by atoms with Crippen molar-refractivity contribution in [2.75, 3.05) is 11.9 Å². The van der Waals surface area contributed by atoms with Gasteiger partial charge in [-0.05, 0) is 67.6 Å².